The number of alkyl halides is 3. The molecule has 0 unspecified atom stereocenters. The molecule has 3 nitrogen and oxygen atoms in total. The van der Waals surface area contributed by atoms with Gasteiger partial charge in [-0.05, 0) is 36.5 Å². The summed E-state index contributed by atoms with van der Waals surface area (Å²) < 4.78 is 62.3. The second kappa shape index (κ2) is 5.63. The lowest BCUT2D eigenvalue weighted by molar-refractivity contribution is -0.0500. The molecular weight excluding hydrogens is 293 g/mol. The molecule has 20 heavy (non-hydrogen) atoms. The first-order chi connectivity index (χ1) is 9.29. The molecule has 1 aliphatic rings. The van der Waals surface area contributed by atoms with E-state index in [2.05, 4.69) is 4.18 Å². The van der Waals surface area contributed by atoms with Gasteiger partial charge in [0, 0.05) is 0 Å². The molecule has 2 rings (SSSR count). The molecule has 1 saturated carbocycles. The first kappa shape index (κ1) is 15.2. The van der Waals surface area contributed by atoms with Gasteiger partial charge in [-0.1, -0.05) is 31.4 Å². The van der Waals surface area contributed by atoms with Crippen LogP contribution in [0.5, 0.6) is 5.75 Å². The summed E-state index contributed by atoms with van der Waals surface area (Å²) in [5.74, 6) is 0.0823. The van der Waals surface area contributed by atoms with Crippen LogP contribution in [0.2, 0.25) is 0 Å². The summed E-state index contributed by atoms with van der Waals surface area (Å²) in [5, 5.41) is 0. The van der Waals surface area contributed by atoms with Crippen molar-refractivity contribution in [1.29, 1.82) is 0 Å². The molecule has 0 amide bonds. The molecular formula is C13H15F3O3S. The van der Waals surface area contributed by atoms with Crippen molar-refractivity contribution in [2.45, 2.75) is 43.5 Å². The van der Waals surface area contributed by atoms with Crippen LogP contribution in [0.4, 0.5) is 13.2 Å². The van der Waals surface area contributed by atoms with E-state index in [0.29, 0.717) is 5.92 Å². The maximum Gasteiger partial charge on any atom is 0.534 e. The maximum atomic E-state index is 12.2. The Morgan fingerprint density at radius 1 is 1.00 bits per heavy atom. The van der Waals surface area contributed by atoms with Gasteiger partial charge in [0.1, 0.15) is 5.75 Å². The zero-order valence-electron chi connectivity index (χ0n) is 10.7. The SMILES string of the molecule is O=S(=O)(Oc1ccc(C2CCCCC2)cc1)C(F)(F)F. The standard InChI is InChI=1S/C13H15F3O3S/c14-13(15,16)20(17,18)19-12-8-6-11(7-9-12)10-4-2-1-3-5-10/h6-10H,1-5H2. The van der Waals surface area contributed by atoms with Gasteiger partial charge in [0.15, 0.2) is 0 Å². The van der Waals surface area contributed by atoms with Crippen molar-refractivity contribution >= 4 is 10.1 Å². The average molecular weight is 308 g/mol. The van der Waals surface area contributed by atoms with E-state index in [1.165, 1.54) is 18.6 Å². The van der Waals surface area contributed by atoms with Crippen molar-refractivity contribution in [3.8, 4) is 5.75 Å². The topological polar surface area (TPSA) is 43.4 Å². The second-order valence-electron chi connectivity index (χ2n) is 4.89. The van der Waals surface area contributed by atoms with Gasteiger partial charge in [0.05, 0.1) is 0 Å². The zero-order chi connectivity index (χ0) is 14.8. The summed E-state index contributed by atoms with van der Waals surface area (Å²) in [6, 6.07) is 5.81. The predicted octanol–water partition coefficient (Wildman–Crippen LogP) is 3.96. The summed E-state index contributed by atoms with van der Waals surface area (Å²) in [5.41, 5.74) is -4.39. The van der Waals surface area contributed by atoms with Gasteiger partial charge in [-0.3, -0.25) is 0 Å². The van der Waals surface area contributed by atoms with E-state index in [1.807, 2.05) is 0 Å². The largest absolute Gasteiger partial charge is 0.534 e. The van der Waals surface area contributed by atoms with E-state index < -0.39 is 15.6 Å². The van der Waals surface area contributed by atoms with Crippen LogP contribution < -0.4 is 4.18 Å². The zero-order valence-corrected chi connectivity index (χ0v) is 11.5. The Hall–Kier alpha value is -1.24. The highest BCUT2D eigenvalue weighted by atomic mass is 32.2. The Bertz CT molecular complexity index is 543. The van der Waals surface area contributed by atoms with E-state index in [1.54, 1.807) is 12.1 Å². The van der Waals surface area contributed by atoms with Gasteiger partial charge < -0.3 is 4.18 Å². The Morgan fingerprint density at radius 3 is 2.05 bits per heavy atom. The minimum Gasteiger partial charge on any atom is -0.376 e. The normalized spacial score (nSPS) is 17.9. The summed E-state index contributed by atoms with van der Waals surface area (Å²) in [7, 11) is -5.59. The van der Waals surface area contributed by atoms with Gasteiger partial charge >= 0.3 is 15.6 Å². The highest BCUT2D eigenvalue weighted by Crippen LogP contribution is 2.34. The van der Waals surface area contributed by atoms with E-state index in [4.69, 9.17) is 0 Å². The smallest absolute Gasteiger partial charge is 0.376 e. The predicted molar refractivity (Wildman–Crippen MR) is 67.9 cm³/mol. The quantitative estimate of drug-likeness (QED) is 0.627. The summed E-state index contributed by atoms with van der Waals surface area (Å²) >= 11 is 0. The molecule has 0 N–H and O–H groups in total. The van der Waals surface area contributed by atoms with Gasteiger partial charge in [-0.2, -0.15) is 21.6 Å². The van der Waals surface area contributed by atoms with Gasteiger partial charge in [-0.15, -0.1) is 0 Å². The van der Waals surface area contributed by atoms with E-state index >= 15 is 0 Å². The van der Waals surface area contributed by atoms with Gasteiger partial charge in [0.2, 0.25) is 0 Å². The lowest BCUT2D eigenvalue weighted by atomic mass is 9.84. The molecule has 1 aromatic carbocycles. The fourth-order valence-corrected chi connectivity index (χ4v) is 2.86. The molecule has 0 heterocycles. The first-order valence-electron chi connectivity index (χ1n) is 6.40. The van der Waals surface area contributed by atoms with Crippen molar-refractivity contribution in [1.82, 2.24) is 0 Å². The van der Waals surface area contributed by atoms with Crippen molar-refractivity contribution in [2.24, 2.45) is 0 Å². The molecule has 1 fully saturated rings. The summed E-state index contributed by atoms with van der Waals surface area (Å²) in [4.78, 5) is 0. The monoisotopic (exact) mass is 308 g/mol. The van der Waals surface area contributed by atoms with Crippen LogP contribution in [-0.2, 0) is 10.1 Å². The summed E-state index contributed by atoms with van der Waals surface area (Å²) in [6.07, 6.45) is 5.61. The Morgan fingerprint density at radius 2 is 1.55 bits per heavy atom. The highest BCUT2D eigenvalue weighted by molar-refractivity contribution is 7.87. The summed E-state index contributed by atoms with van der Waals surface area (Å²) in [6.45, 7) is 0. The van der Waals surface area contributed by atoms with E-state index in [-0.39, 0.29) is 5.75 Å². The van der Waals surface area contributed by atoms with Gasteiger partial charge in [0.25, 0.3) is 0 Å². The molecule has 112 valence electrons. The third-order valence-corrected chi connectivity index (χ3v) is 4.42. The molecule has 1 aromatic rings. The molecule has 0 spiro atoms. The number of halogens is 3. The van der Waals surface area contributed by atoms with Crippen LogP contribution in [0, 0.1) is 0 Å². The third kappa shape index (κ3) is 3.45. The van der Waals surface area contributed by atoms with Crippen molar-refractivity contribution in [2.75, 3.05) is 0 Å². The van der Waals surface area contributed by atoms with Crippen LogP contribution in [0.1, 0.15) is 43.6 Å². The molecule has 0 aromatic heterocycles. The number of hydrogen-bond acceptors (Lipinski definition) is 3. The first-order valence-corrected chi connectivity index (χ1v) is 7.81. The van der Waals surface area contributed by atoms with Gasteiger partial charge in [-0.25, -0.2) is 0 Å². The lowest BCUT2D eigenvalue weighted by Crippen LogP contribution is -2.28. The van der Waals surface area contributed by atoms with Crippen LogP contribution in [-0.4, -0.2) is 13.9 Å². The lowest BCUT2D eigenvalue weighted by Gasteiger charge is -2.22. The van der Waals surface area contributed by atoms with E-state index in [9.17, 15) is 21.6 Å². The Labute approximate surface area is 115 Å². The Kier molecular flexibility index (Phi) is 4.27. The van der Waals surface area contributed by atoms with Crippen LogP contribution in [0.15, 0.2) is 24.3 Å². The van der Waals surface area contributed by atoms with Crippen molar-refractivity contribution in [3.63, 3.8) is 0 Å². The molecule has 0 aliphatic heterocycles. The van der Waals surface area contributed by atoms with Crippen molar-refractivity contribution < 1.29 is 25.8 Å². The van der Waals surface area contributed by atoms with Crippen LogP contribution in [0.25, 0.3) is 0 Å². The van der Waals surface area contributed by atoms with Crippen molar-refractivity contribution in [3.05, 3.63) is 29.8 Å². The fraction of sp³-hybridized carbons (Fsp3) is 0.538. The minimum absolute atomic E-state index is 0.318. The molecule has 0 radical (unpaired) electrons. The Balaban J connectivity index is 2.09. The second-order valence-corrected chi connectivity index (χ2v) is 6.42. The molecule has 1 aliphatic carbocycles. The number of rotatable bonds is 3. The fourth-order valence-electron chi connectivity index (χ4n) is 2.41. The third-order valence-electron chi connectivity index (χ3n) is 3.45. The number of benzene rings is 1. The maximum absolute atomic E-state index is 12.2. The molecule has 7 heteroatoms. The van der Waals surface area contributed by atoms with E-state index in [0.717, 1.165) is 31.2 Å². The van der Waals surface area contributed by atoms with Crippen LogP contribution >= 0.6 is 0 Å². The average Bonchev–Trinajstić information content (AvgIpc) is 2.39. The number of hydrogen-bond donors (Lipinski definition) is 0. The molecule has 0 atom stereocenters. The van der Waals surface area contributed by atoms with Crippen LogP contribution in [0.3, 0.4) is 0 Å². The highest BCUT2D eigenvalue weighted by Gasteiger charge is 2.48. The molecule has 0 bridgehead atoms. The minimum atomic E-state index is -5.59. The molecule has 0 saturated heterocycles.